The molecule has 0 aliphatic heterocycles. The fourth-order valence-corrected chi connectivity index (χ4v) is 5.46. The third-order valence-electron chi connectivity index (χ3n) is 7.63. The molecule has 0 aromatic carbocycles. The lowest BCUT2D eigenvalue weighted by molar-refractivity contribution is -0.158. The van der Waals surface area contributed by atoms with Crippen molar-refractivity contribution in [2.75, 3.05) is 6.54 Å². The number of urea groups is 1. The highest BCUT2D eigenvalue weighted by atomic mass is 16.6. The zero-order valence-electron chi connectivity index (χ0n) is 36.3. The summed E-state index contributed by atoms with van der Waals surface area (Å²) >= 11 is 0. The third kappa shape index (κ3) is 20.4. The number of nitrogens with zero attached hydrogens (tertiary/aromatic N) is 5. The quantitative estimate of drug-likeness (QED) is 0.0950. The number of hydrogen-bond acceptors (Lipinski definition) is 13. The number of imidazole rings is 2. The molecule has 0 bridgehead atoms. The van der Waals surface area contributed by atoms with Crippen molar-refractivity contribution in [2.45, 2.75) is 176 Å². The van der Waals surface area contributed by atoms with Gasteiger partial charge in [-0.15, -0.1) is 0 Å². The minimum absolute atomic E-state index is 0.0515. The van der Waals surface area contributed by atoms with Crippen LogP contribution in [0.15, 0.2) is 24.8 Å². The van der Waals surface area contributed by atoms with Crippen LogP contribution in [0.2, 0.25) is 0 Å². The summed E-state index contributed by atoms with van der Waals surface area (Å²) < 4.78 is 25.4. The lowest BCUT2D eigenvalue weighted by Gasteiger charge is -2.27. The van der Waals surface area contributed by atoms with E-state index in [0.717, 1.165) is 0 Å². The highest BCUT2D eigenvalue weighted by Crippen LogP contribution is 2.17. The van der Waals surface area contributed by atoms with Crippen LogP contribution in [0, 0.1) is 0 Å². The normalized spacial score (nSPS) is 13.3. The number of carboxylic acid groups (broad SMARTS) is 1. The van der Waals surface area contributed by atoms with Crippen molar-refractivity contribution >= 4 is 35.9 Å². The van der Waals surface area contributed by atoms with Crippen molar-refractivity contribution in [3.05, 3.63) is 36.4 Å². The van der Waals surface area contributed by atoms with E-state index in [-0.39, 0.29) is 39.0 Å². The summed E-state index contributed by atoms with van der Waals surface area (Å²) in [5.41, 5.74) is -3.09. The monoisotopic (exact) mass is 819 g/mol. The molecule has 2 aromatic heterocycles. The smallest absolute Gasteiger partial charge is 0.329 e. The number of aromatic nitrogens is 4. The second-order valence-electron chi connectivity index (χ2n) is 18.0. The summed E-state index contributed by atoms with van der Waals surface area (Å²) in [6.07, 6.45) is 7.04. The number of nitrogens with one attached hydrogen (secondary N) is 2. The van der Waals surface area contributed by atoms with E-state index in [2.05, 4.69) is 20.6 Å². The number of esters is 4. The van der Waals surface area contributed by atoms with E-state index in [4.69, 9.17) is 18.9 Å². The Morgan fingerprint density at radius 3 is 1.41 bits per heavy atom. The Morgan fingerprint density at radius 2 is 1.03 bits per heavy atom. The molecule has 2 amide bonds. The molecule has 2 atom stereocenters. The summed E-state index contributed by atoms with van der Waals surface area (Å²) in [4.78, 5) is 87.2. The van der Waals surface area contributed by atoms with Gasteiger partial charge in [0, 0.05) is 31.2 Å². The van der Waals surface area contributed by atoms with E-state index in [1.165, 1.54) is 0 Å². The first-order valence-electron chi connectivity index (χ1n) is 19.5. The standard InChI is InChI=1S/C40H65N7O11/c1-37(2,3)55-32(50)25-46-21-18-41-29(46)23-45(24-30-42-19-22-47(30)26-33(51)56-38(4,5)6)20-14-13-15-27(34(52)57-39(7,8)9)43-36(54)44-28(16-17-31(48)49)35(53)58-40(10,11)12/h18-19,21-22,27-28H,13-17,20,23-26H2,1-12H3,(H,48,49)(H2,43,44,54). The molecule has 0 aliphatic rings. The largest absolute Gasteiger partial charge is 0.481 e. The molecule has 0 saturated carbocycles. The average Bonchev–Trinajstić information content (AvgIpc) is 3.65. The van der Waals surface area contributed by atoms with Crippen LogP contribution in [0.3, 0.4) is 0 Å². The van der Waals surface area contributed by atoms with Crippen molar-refractivity contribution in [2.24, 2.45) is 0 Å². The first kappa shape index (κ1) is 49.1. The van der Waals surface area contributed by atoms with Gasteiger partial charge in [0.05, 0.1) is 13.1 Å². The molecule has 58 heavy (non-hydrogen) atoms. The van der Waals surface area contributed by atoms with Gasteiger partial charge in [-0.05, 0) is 115 Å². The molecular weight excluding hydrogens is 754 g/mol. The summed E-state index contributed by atoms with van der Waals surface area (Å²) in [5.74, 6) is -2.32. The molecule has 0 spiro atoms. The molecule has 2 rings (SSSR count). The van der Waals surface area contributed by atoms with E-state index in [1.807, 2.05) is 4.90 Å². The molecule has 2 aromatic rings. The van der Waals surface area contributed by atoms with E-state index in [1.54, 1.807) is 117 Å². The number of hydrogen-bond donors (Lipinski definition) is 3. The van der Waals surface area contributed by atoms with Gasteiger partial charge >= 0.3 is 35.9 Å². The van der Waals surface area contributed by atoms with Gasteiger partial charge in [0.25, 0.3) is 0 Å². The molecule has 326 valence electrons. The molecule has 0 radical (unpaired) electrons. The highest BCUT2D eigenvalue weighted by molar-refractivity contribution is 5.87. The first-order valence-corrected chi connectivity index (χ1v) is 19.5. The average molecular weight is 820 g/mol. The Morgan fingerprint density at radius 1 is 0.638 bits per heavy atom. The summed E-state index contributed by atoms with van der Waals surface area (Å²) in [7, 11) is 0. The van der Waals surface area contributed by atoms with Crippen LogP contribution in [0.5, 0.6) is 0 Å². The summed E-state index contributed by atoms with van der Waals surface area (Å²) in [5, 5.41) is 14.3. The van der Waals surface area contributed by atoms with Crippen LogP contribution in [0.25, 0.3) is 0 Å². The highest BCUT2D eigenvalue weighted by Gasteiger charge is 2.31. The number of amides is 2. The molecule has 3 N–H and O–H groups in total. The van der Waals surface area contributed by atoms with Crippen molar-refractivity contribution in [1.29, 1.82) is 0 Å². The Bertz CT molecular complexity index is 1620. The van der Waals surface area contributed by atoms with Crippen LogP contribution in [0.4, 0.5) is 4.79 Å². The van der Waals surface area contributed by atoms with Crippen LogP contribution in [-0.2, 0) is 69.1 Å². The van der Waals surface area contributed by atoms with Gasteiger partial charge in [-0.1, -0.05) is 0 Å². The number of carboxylic acids is 1. The van der Waals surface area contributed by atoms with Crippen LogP contribution < -0.4 is 10.6 Å². The molecule has 2 heterocycles. The van der Waals surface area contributed by atoms with Gasteiger partial charge in [-0.25, -0.2) is 24.4 Å². The summed E-state index contributed by atoms with van der Waals surface area (Å²) in [6, 6.07) is -3.27. The van der Waals surface area contributed by atoms with E-state index in [9.17, 15) is 33.9 Å². The van der Waals surface area contributed by atoms with Crippen molar-refractivity contribution in [3.63, 3.8) is 0 Å². The van der Waals surface area contributed by atoms with Crippen LogP contribution in [-0.4, -0.2) is 106 Å². The maximum Gasteiger partial charge on any atom is 0.329 e. The topological polar surface area (TPSA) is 223 Å². The number of carbonyl (C=O) groups excluding carboxylic acids is 5. The third-order valence-corrected chi connectivity index (χ3v) is 7.63. The van der Waals surface area contributed by atoms with Gasteiger partial charge in [-0.3, -0.25) is 19.3 Å². The van der Waals surface area contributed by atoms with Crippen molar-refractivity contribution < 1.29 is 52.8 Å². The van der Waals surface area contributed by atoms with Gasteiger partial charge in [0.2, 0.25) is 0 Å². The maximum atomic E-state index is 13.4. The second-order valence-corrected chi connectivity index (χ2v) is 18.0. The minimum Gasteiger partial charge on any atom is -0.481 e. The van der Waals surface area contributed by atoms with E-state index >= 15 is 0 Å². The lowest BCUT2D eigenvalue weighted by Crippen LogP contribution is -2.53. The van der Waals surface area contributed by atoms with Gasteiger partial charge in [0.1, 0.15) is 59.2 Å². The zero-order valence-corrected chi connectivity index (χ0v) is 36.3. The number of aliphatic carboxylic acids is 1. The number of rotatable bonds is 20. The summed E-state index contributed by atoms with van der Waals surface area (Å²) in [6.45, 7) is 21.7. The molecule has 2 unspecified atom stereocenters. The Kier molecular flexibility index (Phi) is 17.9. The molecule has 18 nitrogen and oxygen atoms in total. The maximum absolute atomic E-state index is 13.4. The van der Waals surface area contributed by atoms with Crippen molar-refractivity contribution in [1.82, 2.24) is 34.6 Å². The number of unbranched alkanes of at least 4 members (excludes halogenated alkanes) is 1. The lowest BCUT2D eigenvalue weighted by atomic mass is 10.1. The Hall–Kier alpha value is -5.00. The van der Waals surface area contributed by atoms with E-state index in [0.29, 0.717) is 31.0 Å². The Labute approximate surface area is 341 Å². The fourth-order valence-electron chi connectivity index (χ4n) is 5.46. The molecule has 0 aliphatic carbocycles. The zero-order chi connectivity index (χ0) is 44.1. The molecule has 0 fully saturated rings. The van der Waals surface area contributed by atoms with E-state index < -0.39 is 76.8 Å². The Balaban J connectivity index is 2.28. The SMILES string of the molecule is CC(C)(C)OC(=O)Cn1ccnc1CN(CCCCC(NC(=O)NC(CCC(=O)O)C(=O)OC(C)(C)C)C(=O)OC(C)(C)C)Cc1nccn1CC(=O)OC(C)(C)C. The predicted molar refractivity (Wildman–Crippen MR) is 212 cm³/mol. The molecular formula is C40H65N7O11. The fraction of sp³-hybridized carbons (Fsp3) is 0.700. The minimum atomic E-state index is -1.28. The number of ether oxygens (including phenoxy) is 4. The van der Waals surface area contributed by atoms with Crippen molar-refractivity contribution in [3.8, 4) is 0 Å². The van der Waals surface area contributed by atoms with Gasteiger partial charge < -0.3 is 43.8 Å². The van der Waals surface area contributed by atoms with Crippen LogP contribution >= 0.6 is 0 Å². The second kappa shape index (κ2) is 21.1. The molecule has 0 saturated heterocycles. The first-order chi connectivity index (χ1) is 26.6. The van der Waals surface area contributed by atoms with Crippen LogP contribution in [0.1, 0.15) is 127 Å². The number of carbonyl (C=O) groups is 6. The van der Waals surface area contributed by atoms with Gasteiger partial charge in [0.15, 0.2) is 0 Å². The van der Waals surface area contributed by atoms with Gasteiger partial charge in [-0.2, -0.15) is 0 Å². The predicted octanol–water partition coefficient (Wildman–Crippen LogP) is 4.52. The molecule has 18 heteroatoms.